The molecule has 0 spiro atoms. The Kier molecular flexibility index (Phi) is 7.57. The Balaban J connectivity index is 1.98. The van der Waals surface area contributed by atoms with Crippen molar-refractivity contribution in [3.05, 3.63) is 39.8 Å². The number of thiophene rings is 1. The fourth-order valence-electron chi connectivity index (χ4n) is 3.52. The van der Waals surface area contributed by atoms with Crippen LogP contribution in [0.25, 0.3) is 0 Å². The number of ether oxygens (including phenoxy) is 4. The number of nitrogens with one attached hydrogen (secondary N) is 1. The highest BCUT2D eigenvalue weighted by Crippen LogP contribution is 2.39. The number of hydrogen-bond acceptors (Lipinski definition) is 8. The van der Waals surface area contributed by atoms with E-state index < -0.39 is 18.0 Å². The minimum absolute atomic E-state index is 0.201. The van der Waals surface area contributed by atoms with Gasteiger partial charge in [0.15, 0.2) is 0 Å². The van der Waals surface area contributed by atoms with Gasteiger partial charge in [-0.1, -0.05) is 6.07 Å². The van der Waals surface area contributed by atoms with Crippen LogP contribution < -0.4 is 14.8 Å². The first kappa shape index (κ1) is 23.4. The largest absolute Gasteiger partial charge is 0.496 e. The first-order valence-corrected chi connectivity index (χ1v) is 11.0. The molecule has 10 heteroatoms. The van der Waals surface area contributed by atoms with E-state index in [1.165, 1.54) is 25.6 Å². The second-order valence-electron chi connectivity index (χ2n) is 6.79. The van der Waals surface area contributed by atoms with E-state index in [2.05, 4.69) is 5.32 Å². The number of amides is 2. The van der Waals surface area contributed by atoms with Gasteiger partial charge in [-0.2, -0.15) is 0 Å². The summed E-state index contributed by atoms with van der Waals surface area (Å²) in [6.45, 7) is 4.64. The topological polar surface area (TPSA) is 103 Å². The lowest BCUT2D eigenvalue weighted by Crippen LogP contribution is -2.36. The van der Waals surface area contributed by atoms with E-state index >= 15 is 0 Å². The van der Waals surface area contributed by atoms with Crippen LogP contribution in [0.2, 0.25) is 0 Å². The van der Waals surface area contributed by atoms with Crippen LogP contribution in [0.5, 0.6) is 11.5 Å². The SMILES string of the molecule is CCOC(=O)c1c(NC(=O)c2c(OC)cccc2OC)sc2c1CCN(C(=O)OCC)C2. The van der Waals surface area contributed by atoms with E-state index in [4.69, 9.17) is 18.9 Å². The van der Waals surface area contributed by atoms with Crippen molar-refractivity contribution in [2.45, 2.75) is 26.8 Å². The predicted molar refractivity (Wildman–Crippen MR) is 119 cm³/mol. The van der Waals surface area contributed by atoms with Gasteiger partial charge in [-0.3, -0.25) is 4.79 Å². The normalized spacial score (nSPS) is 12.6. The second kappa shape index (κ2) is 10.4. The van der Waals surface area contributed by atoms with Crippen LogP contribution >= 0.6 is 11.3 Å². The van der Waals surface area contributed by atoms with Gasteiger partial charge in [0.25, 0.3) is 5.91 Å². The van der Waals surface area contributed by atoms with E-state index in [9.17, 15) is 14.4 Å². The summed E-state index contributed by atoms with van der Waals surface area (Å²) in [4.78, 5) is 40.5. The number of carbonyl (C=O) groups is 3. The minimum Gasteiger partial charge on any atom is -0.496 e. The highest BCUT2D eigenvalue weighted by atomic mass is 32.1. The van der Waals surface area contributed by atoms with Gasteiger partial charge in [-0.15, -0.1) is 11.3 Å². The minimum atomic E-state index is -0.517. The maximum Gasteiger partial charge on any atom is 0.410 e. The van der Waals surface area contributed by atoms with Gasteiger partial charge >= 0.3 is 12.1 Å². The van der Waals surface area contributed by atoms with Crippen LogP contribution in [0.4, 0.5) is 9.80 Å². The molecule has 1 aromatic heterocycles. The average molecular weight is 463 g/mol. The number of carbonyl (C=O) groups excluding carboxylic acids is 3. The molecule has 1 aromatic carbocycles. The Morgan fingerprint density at radius 1 is 1.03 bits per heavy atom. The summed E-state index contributed by atoms with van der Waals surface area (Å²) >= 11 is 1.24. The highest BCUT2D eigenvalue weighted by Gasteiger charge is 2.32. The molecule has 0 saturated heterocycles. The molecule has 9 nitrogen and oxygen atoms in total. The third-order valence-electron chi connectivity index (χ3n) is 4.94. The standard InChI is InChI=1S/C22H26N2O7S/c1-5-30-21(26)17-13-10-11-24(22(27)31-6-2)12-16(13)32-20(17)23-19(25)18-14(28-3)8-7-9-15(18)29-4/h7-9H,5-6,10-12H2,1-4H3,(H,23,25). The van der Waals surface area contributed by atoms with Crippen molar-refractivity contribution in [2.24, 2.45) is 0 Å². The highest BCUT2D eigenvalue weighted by molar-refractivity contribution is 7.17. The summed E-state index contributed by atoms with van der Waals surface area (Å²) in [6.07, 6.45) is 0.0423. The maximum absolute atomic E-state index is 13.2. The molecule has 0 radical (unpaired) electrons. The fraction of sp³-hybridized carbons (Fsp3) is 0.409. The third-order valence-corrected chi connectivity index (χ3v) is 6.08. The summed E-state index contributed by atoms with van der Waals surface area (Å²) in [5.41, 5.74) is 1.31. The molecule has 0 fully saturated rings. The van der Waals surface area contributed by atoms with Crippen molar-refractivity contribution in [3.63, 3.8) is 0 Å². The van der Waals surface area contributed by atoms with E-state index in [1.807, 2.05) is 0 Å². The molecule has 32 heavy (non-hydrogen) atoms. The second-order valence-corrected chi connectivity index (χ2v) is 7.90. The van der Waals surface area contributed by atoms with Crippen LogP contribution in [0.3, 0.4) is 0 Å². The molecule has 2 heterocycles. The number of esters is 1. The van der Waals surface area contributed by atoms with Crippen molar-refractivity contribution in [3.8, 4) is 11.5 Å². The van der Waals surface area contributed by atoms with E-state index in [0.29, 0.717) is 41.6 Å². The molecule has 1 aliphatic rings. The zero-order chi connectivity index (χ0) is 23.3. The number of hydrogen-bond donors (Lipinski definition) is 1. The average Bonchev–Trinajstić information content (AvgIpc) is 3.15. The smallest absolute Gasteiger partial charge is 0.410 e. The summed E-state index contributed by atoms with van der Waals surface area (Å²) in [5, 5.41) is 3.18. The monoisotopic (exact) mass is 462 g/mol. The molecule has 2 aromatic rings. The van der Waals surface area contributed by atoms with Gasteiger partial charge in [0.1, 0.15) is 22.1 Å². The summed E-state index contributed by atoms with van der Waals surface area (Å²) in [6, 6.07) is 5.02. The zero-order valence-electron chi connectivity index (χ0n) is 18.5. The fourth-order valence-corrected chi connectivity index (χ4v) is 4.77. The van der Waals surface area contributed by atoms with Gasteiger partial charge in [-0.25, -0.2) is 9.59 Å². The molecule has 0 bridgehead atoms. The Morgan fingerprint density at radius 2 is 1.69 bits per heavy atom. The number of methoxy groups -OCH3 is 2. The molecular weight excluding hydrogens is 436 g/mol. The predicted octanol–water partition coefficient (Wildman–Crippen LogP) is 3.71. The lowest BCUT2D eigenvalue weighted by molar-refractivity contribution is 0.0526. The Hall–Kier alpha value is -3.27. The number of anilines is 1. The first-order valence-electron chi connectivity index (χ1n) is 10.2. The van der Waals surface area contributed by atoms with Crippen LogP contribution in [-0.2, 0) is 22.4 Å². The Bertz CT molecular complexity index is 996. The van der Waals surface area contributed by atoms with Gasteiger partial charge in [-0.05, 0) is 38.0 Å². The summed E-state index contributed by atoms with van der Waals surface area (Å²) in [7, 11) is 2.92. The number of benzene rings is 1. The molecule has 0 saturated carbocycles. The van der Waals surface area contributed by atoms with Crippen LogP contribution in [-0.4, -0.2) is 56.8 Å². The van der Waals surface area contributed by atoms with Gasteiger partial charge in [0.2, 0.25) is 0 Å². The van der Waals surface area contributed by atoms with Gasteiger partial charge in [0, 0.05) is 11.4 Å². The lowest BCUT2D eigenvalue weighted by atomic mass is 10.0. The molecule has 0 unspecified atom stereocenters. The molecule has 1 N–H and O–H groups in total. The van der Waals surface area contributed by atoms with Crippen LogP contribution in [0, 0.1) is 0 Å². The Labute approximate surface area is 190 Å². The summed E-state index contributed by atoms with van der Waals surface area (Å²) in [5.74, 6) is -0.314. The summed E-state index contributed by atoms with van der Waals surface area (Å²) < 4.78 is 21.0. The van der Waals surface area contributed by atoms with Crippen LogP contribution in [0.1, 0.15) is 45.0 Å². The van der Waals surface area contributed by atoms with Crippen LogP contribution in [0.15, 0.2) is 18.2 Å². The molecule has 2 amide bonds. The van der Waals surface area contributed by atoms with Crippen molar-refractivity contribution in [2.75, 3.05) is 39.3 Å². The van der Waals surface area contributed by atoms with Crippen molar-refractivity contribution in [1.82, 2.24) is 4.90 Å². The zero-order valence-corrected chi connectivity index (χ0v) is 19.3. The van der Waals surface area contributed by atoms with Crippen molar-refractivity contribution < 1.29 is 33.3 Å². The van der Waals surface area contributed by atoms with Crippen molar-refractivity contribution in [1.29, 1.82) is 0 Å². The van der Waals surface area contributed by atoms with E-state index in [0.717, 1.165) is 10.4 Å². The lowest BCUT2D eigenvalue weighted by Gasteiger charge is -2.26. The van der Waals surface area contributed by atoms with E-state index in [-0.39, 0.29) is 18.8 Å². The molecule has 172 valence electrons. The maximum atomic E-state index is 13.2. The molecule has 1 aliphatic heterocycles. The Morgan fingerprint density at radius 3 is 2.28 bits per heavy atom. The quantitative estimate of drug-likeness (QED) is 0.626. The number of nitrogens with zero attached hydrogens (tertiary/aromatic N) is 1. The van der Waals surface area contributed by atoms with E-state index in [1.54, 1.807) is 36.9 Å². The third kappa shape index (κ3) is 4.64. The molecular formula is C22H26N2O7S. The van der Waals surface area contributed by atoms with Crippen molar-refractivity contribution >= 4 is 34.3 Å². The number of rotatable bonds is 7. The number of fused-ring (bicyclic) bond motifs is 1. The molecule has 0 atom stereocenters. The molecule has 0 aliphatic carbocycles. The molecule has 3 rings (SSSR count). The van der Waals surface area contributed by atoms with Gasteiger partial charge < -0.3 is 29.2 Å². The van der Waals surface area contributed by atoms with Gasteiger partial charge in [0.05, 0.1) is 39.5 Å². The first-order chi connectivity index (χ1) is 15.4.